The van der Waals surface area contributed by atoms with E-state index in [2.05, 4.69) is 10.6 Å². The SMILES string of the molecule is O=C1COc2c(cc(F)cc2NC(=O)c2ccc(F)cc2)N1. The van der Waals surface area contributed by atoms with Gasteiger partial charge in [-0.15, -0.1) is 0 Å². The molecule has 112 valence electrons. The maximum Gasteiger partial charge on any atom is 0.262 e. The second-order valence-corrected chi connectivity index (χ2v) is 4.63. The van der Waals surface area contributed by atoms with Crippen molar-refractivity contribution in [2.45, 2.75) is 0 Å². The van der Waals surface area contributed by atoms with E-state index >= 15 is 0 Å². The first-order valence-corrected chi connectivity index (χ1v) is 6.36. The molecule has 1 aliphatic rings. The van der Waals surface area contributed by atoms with Gasteiger partial charge in [0.25, 0.3) is 11.8 Å². The molecule has 0 bridgehead atoms. The van der Waals surface area contributed by atoms with E-state index in [1.165, 1.54) is 12.1 Å². The molecule has 0 saturated heterocycles. The topological polar surface area (TPSA) is 67.4 Å². The van der Waals surface area contributed by atoms with Crippen molar-refractivity contribution >= 4 is 23.2 Å². The largest absolute Gasteiger partial charge is 0.479 e. The highest BCUT2D eigenvalue weighted by Crippen LogP contribution is 2.36. The van der Waals surface area contributed by atoms with Gasteiger partial charge in [0.2, 0.25) is 0 Å². The van der Waals surface area contributed by atoms with Crippen LogP contribution in [0.5, 0.6) is 5.75 Å². The van der Waals surface area contributed by atoms with Crippen molar-refractivity contribution in [3.8, 4) is 5.75 Å². The number of halogens is 2. The summed E-state index contributed by atoms with van der Waals surface area (Å²) < 4.78 is 31.7. The first kappa shape index (κ1) is 14.0. The number of rotatable bonds is 2. The van der Waals surface area contributed by atoms with Crippen molar-refractivity contribution in [3.63, 3.8) is 0 Å². The molecular formula is C15H10F2N2O3. The highest BCUT2D eigenvalue weighted by atomic mass is 19.1. The summed E-state index contributed by atoms with van der Waals surface area (Å²) in [5.41, 5.74) is 0.439. The Kier molecular flexibility index (Phi) is 3.46. The van der Waals surface area contributed by atoms with E-state index in [1.807, 2.05) is 0 Å². The van der Waals surface area contributed by atoms with Gasteiger partial charge in [-0.1, -0.05) is 0 Å². The van der Waals surface area contributed by atoms with Crippen LogP contribution in [0.1, 0.15) is 10.4 Å². The van der Waals surface area contributed by atoms with Gasteiger partial charge >= 0.3 is 0 Å². The molecule has 2 aromatic carbocycles. The number of hydrogen-bond acceptors (Lipinski definition) is 3. The standard InChI is InChI=1S/C15H10F2N2O3/c16-9-3-1-8(2-4-9)15(21)19-12-6-10(17)5-11-14(12)22-7-13(20)18-11/h1-6H,7H2,(H,18,20)(H,19,21). The van der Waals surface area contributed by atoms with Crippen LogP contribution in [0, 0.1) is 11.6 Å². The third-order valence-corrected chi connectivity index (χ3v) is 3.03. The van der Waals surface area contributed by atoms with Crippen LogP contribution in [0.4, 0.5) is 20.2 Å². The minimum absolute atomic E-state index is 0.0873. The van der Waals surface area contributed by atoms with Crippen LogP contribution in [0.3, 0.4) is 0 Å². The van der Waals surface area contributed by atoms with Crippen molar-refractivity contribution in [2.75, 3.05) is 17.2 Å². The van der Waals surface area contributed by atoms with Gasteiger partial charge in [-0.25, -0.2) is 8.78 Å². The zero-order valence-corrected chi connectivity index (χ0v) is 11.2. The van der Waals surface area contributed by atoms with Gasteiger partial charge < -0.3 is 15.4 Å². The minimum Gasteiger partial charge on any atom is -0.479 e. The molecule has 1 heterocycles. The van der Waals surface area contributed by atoms with Crippen LogP contribution < -0.4 is 15.4 Å². The maximum atomic E-state index is 13.6. The third-order valence-electron chi connectivity index (χ3n) is 3.03. The van der Waals surface area contributed by atoms with E-state index < -0.39 is 23.4 Å². The summed E-state index contributed by atoms with van der Waals surface area (Å²) >= 11 is 0. The molecule has 0 aliphatic carbocycles. The van der Waals surface area contributed by atoms with E-state index in [-0.39, 0.29) is 29.3 Å². The van der Waals surface area contributed by atoms with Crippen molar-refractivity contribution in [1.29, 1.82) is 0 Å². The van der Waals surface area contributed by atoms with Crippen LogP contribution in [-0.4, -0.2) is 18.4 Å². The second kappa shape index (κ2) is 5.44. The van der Waals surface area contributed by atoms with Crippen molar-refractivity contribution in [1.82, 2.24) is 0 Å². The number of anilines is 2. The Labute approximate surface area is 123 Å². The number of nitrogens with one attached hydrogen (secondary N) is 2. The van der Waals surface area contributed by atoms with Gasteiger partial charge in [-0.3, -0.25) is 9.59 Å². The highest BCUT2D eigenvalue weighted by Gasteiger charge is 2.22. The Hall–Kier alpha value is -2.96. The van der Waals surface area contributed by atoms with Crippen molar-refractivity contribution in [2.24, 2.45) is 0 Å². The number of carbonyl (C=O) groups is 2. The van der Waals surface area contributed by atoms with Gasteiger partial charge in [-0.05, 0) is 24.3 Å². The smallest absolute Gasteiger partial charge is 0.262 e. The molecule has 1 aliphatic heterocycles. The van der Waals surface area contributed by atoms with Gasteiger partial charge in [0.05, 0.1) is 11.4 Å². The number of hydrogen-bond donors (Lipinski definition) is 2. The molecule has 0 saturated carbocycles. The Morgan fingerprint density at radius 3 is 2.59 bits per heavy atom. The summed E-state index contributed by atoms with van der Waals surface area (Å²) in [7, 11) is 0. The third kappa shape index (κ3) is 2.73. The molecule has 0 aromatic heterocycles. The van der Waals surface area contributed by atoms with E-state index in [4.69, 9.17) is 4.74 Å². The first-order chi connectivity index (χ1) is 10.5. The number of ether oxygens (including phenoxy) is 1. The fourth-order valence-electron chi connectivity index (χ4n) is 2.05. The van der Waals surface area contributed by atoms with E-state index in [0.29, 0.717) is 0 Å². The lowest BCUT2D eigenvalue weighted by atomic mass is 10.2. The number of fused-ring (bicyclic) bond motifs is 1. The molecule has 0 unspecified atom stereocenters. The van der Waals surface area contributed by atoms with Crippen LogP contribution in [0.15, 0.2) is 36.4 Å². The number of benzene rings is 2. The normalized spacial score (nSPS) is 12.9. The fraction of sp³-hybridized carbons (Fsp3) is 0.0667. The van der Waals surface area contributed by atoms with Crippen LogP contribution in [0.2, 0.25) is 0 Å². The lowest BCUT2D eigenvalue weighted by Gasteiger charge is -2.21. The predicted octanol–water partition coefficient (Wildman–Crippen LogP) is 2.55. The first-order valence-electron chi connectivity index (χ1n) is 6.36. The Morgan fingerprint density at radius 2 is 1.86 bits per heavy atom. The van der Waals surface area contributed by atoms with Crippen LogP contribution >= 0.6 is 0 Å². The lowest BCUT2D eigenvalue weighted by Crippen LogP contribution is -2.26. The van der Waals surface area contributed by atoms with Gasteiger partial charge in [0.15, 0.2) is 12.4 Å². The summed E-state index contributed by atoms with van der Waals surface area (Å²) in [6.45, 7) is -0.224. The molecule has 0 spiro atoms. The van der Waals surface area contributed by atoms with E-state index in [1.54, 1.807) is 0 Å². The van der Waals surface area contributed by atoms with Crippen LogP contribution in [-0.2, 0) is 4.79 Å². The quantitative estimate of drug-likeness (QED) is 0.896. The molecule has 7 heteroatoms. The molecule has 22 heavy (non-hydrogen) atoms. The molecule has 2 amide bonds. The van der Waals surface area contributed by atoms with Crippen molar-refractivity contribution < 1.29 is 23.1 Å². The van der Waals surface area contributed by atoms with Gasteiger partial charge in [-0.2, -0.15) is 0 Å². The summed E-state index contributed by atoms with van der Waals surface area (Å²) in [5.74, 6) is -1.89. The fourth-order valence-corrected chi connectivity index (χ4v) is 2.05. The minimum atomic E-state index is -0.640. The summed E-state index contributed by atoms with van der Waals surface area (Å²) in [5, 5.41) is 4.94. The van der Waals surface area contributed by atoms with E-state index in [9.17, 15) is 18.4 Å². The van der Waals surface area contributed by atoms with Crippen molar-refractivity contribution in [3.05, 3.63) is 53.6 Å². The van der Waals surface area contributed by atoms with E-state index in [0.717, 1.165) is 24.3 Å². The van der Waals surface area contributed by atoms with Crippen LogP contribution in [0.25, 0.3) is 0 Å². The number of carbonyl (C=O) groups excluding carboxylic acids is 2. The lowest BCUT2D eigenvalue weighted by molar-refractivity contribution is -0.118. The Bertz CT molecular complexity index is 760. The van der Waals surface area contributed by atoms with Gasteiger partial charge in [0.1, 0.15) is 11.6 Å². The Morgan fingerprint density at radius 1 is 1.14 bits per heavy atom. The summed E-state index contributed by atoms with van der Waals surface area (Å²) in [6.07, 6.45) is 0. The second-order valence-electron chi connectivity index (χ2n) is 4.63. The molecular weight excluding hydrogens is 294 g/mol. The number of amides is 2. The zero-order valence-electron chi connectivity index (χ0n) is 11.2. The molecule has 5 nitrogen and oxygen atoms in total. The average molecular weight is 304 g/mol. The molecule has 2 aromatic rings. The molecule has 0 radical (unpaired) electrons. The molecule has 0 fully saturated rings. The Balaban J connectivity index is 1.90. The molecule has 2 N–H and O–H groups in total. The summed E-state index contributed by atoms with van der Waals surface area (Å²) in [4.78, 5) is 23.3. The maximum absolute atomic E-state index is 13.6. The molecule has 3 rings (SSSR count). The summed E-state index contributed by atoms with van der Waals surface area (Å²) in [6, 6.07) is 7.08. The zero-order chi connectivity index (χ0) is 15.7. The molecule has 0 atom stereocenters. The highest BCUT2D eigenvalue weighted by molar-refractivity contribution is 6.06. The van der Waals surface area contributed by atoms with Gasteiger partial charge in [0, 0.05) is 17.7 Å². The predicted molar refractivity (Wildman–Crippen MR) is 74.9 cm³/mol. The monoisotopic (exact) mass is 304 g/mol. The average Bonchev–Trinajstić information content (AvgIpc) is 2.47.